The van der Waals surface area contributed by atoms with Crippen molar-refractivity contribution in [3.63, 3.8) is 0 Å². The van der Waals surface area contributed by atoms with E-state index in [1.54, 1.807) is 4.68 Å². The molecule has 1 N–H and O–H groups in total. The lowest BCUT2D eigenvalue weighted by molar-refractivity contribution is 0.0956. The van der Waals surface area contributed by atoms with Gasteiger partial charge >= 0.3 is 0 Å². The van der Waals surface area contributed by atoms with Gasteiger partial charge in [-0.3, -0.25) is 4.79 Å². The molecule has 1 aliphatic carbocycles. The number of aliphatic hydroxyl groups is 1. The van der Waals surface area contributed by atoms with E-state index >= 15 is 0 Å². The molecule has 0 spiro atoms. The fourth-order valence-corrected chi connectivity index (χ4v) is 2.79. The zero-order valence-electron chi connectivity index (χ0n) is 10.9. The molecule has 1 aromatic heterocycles. The second-order valence-corrected chi connectivity index (χ2v) is 5.55. The third kappa shape index (κ3) is 1.78. The first kappa shape index (κ1) is 11.8. The molecule has 0 unspecified atom stereocenters. The highest BCUT2D eigenvalue weighted by Crippen LogP contribution is 2.38. The Kier molecular flexibility index (Phi) is 2.50. The monoisotopic (exact) mass is 269 g/mol. The highest BCUT2D eigenvalue weighted by atomic mass is 16.3. The van der Waals surface area contributed by atoms with E-state index < -0.39 is 6.10 Å². The molecule has 4 rings (SSSR count). The number of fused-ring (bicyclic) bond motifs is 1. The molecule has 0 saturated heterocycles. The van der Waals surface area contributed by atoms with E-state index in [0.29, 0.717) is 12.2 Å². The first-order chi connectivity index (χ1) is 9.74. The summed E-state index contributed by atoms with van der Waals surface area (Å²) >= 11 is 0. The number of aliphatic hydroxyl groups excluding tert-OH is 1. The van der Waals surface area contributed by atoms with Crippen LogP contribution < -0.4 is 0 Å². The summed E-state index contributed by atoms with van der Waals surface area (Å²) in [6.07, 6.45) is 1.80. The summed E-state index contributed by atoms with van der Waals surface area (Å²) in [6.45, 7) is 0. The maximum atomic E-state index is 12.0. The number of benzene rings is 1. The van der Waals surface area contributed by atoms with Crippen LogP contribution in [0.2, 0.25) is 0 Å². The predicted molar refractivity (Wildman–Crippen MR) is 71.2 cm³/mol. The number of rotatable bonds is 3. The molecular formula is C15H15N3O2. The Bertz CT molecular complexity index is 661. The van der Waals surface area contributed by atoms with Crippen LogP contribution in [0.5, 0.6) is 0 Å². The average molecular weight is 269 g/mol. The number of carbonyl (C=O) groups excluding carboxylic acids is 1. The van der Waals surface area contributed by atoms with E-state index in [-0.39, 0.29) is 23.6 Å². The minimum Gasteiger partial charge on any atom is -0.385 e. The zero-order chi connectivity index (χ0) is 13.7. The molecular weight excluding hydrogens is 254 g/mol. The summed E-state index contributed by atoms with van der Waals surface area (Å²) in [6, 6.07) is 9.88. The lowest BCUT2D eigenvalue weighted by Gasteiger charge is -2.11. The summed E-state index contributed by atoms with van der Waals surface area (Å²) in [7, 11) is 0. The lowest BCUT2D eigenvalue weighted by Crippen LogP contribution is -2.10. The highest BCUT2D eigenvalue weighted by Gasteiger charge is 2.38. The van der Waals surface area contributed by atoms with Crippen molar-refractivity contribution in [2.75, 3.05) is 0 Å². The molecule has 1 aliphatic heterocycles. The first-order valence-electron chi connectivity index (χ1n) is 6.97. The van der Waals surface area contributed by atoms with Gasteiger partial charge in [-0.25, -0.2) is 9.67 Å². The molecule has 2 heterocycles. The van der Waals surface area contributed by atoms with Crippen molar-refractivity contribution in [1.29, 1.82) is 0 Å². The van der Waals surface area contributed by atoms with E-state index in [1.807, 2.05) is 30.3 Å². The normalized spacial score (nSPS) is 24.6. The molecule has 2 aliphatic rings. The summed E-state index contributed by atoms with van der Waals surface area (Å²) < 4.78 is 1.72. The van der Waals surface area contributed by atoms with Crippen molar-refractivity contribution < 1.29 is 9.90 Å². The Morgan fingerprint density at radius 1 is 1.25 bits per heavy atom. The Balaban J connectivity index is 1.72. The van der Waals surface area contributed by atoms with Crippen molar-refractivity contribution in [2.45, 2.75) is 31.4 Å². The van der Waals surface area contributed by atoms with Crippen LogP contribution in [-0.2, 0) is 0 Å². The van der Waals surface area contributed by atoms with Crippen LogP contribution in [0.1, 0.15) is 53.4 Å². The van der Waals surface area contributed by atoms with Crippen LogP contribution in [0.4, 0.5) is 0 Å². The molecule has 102 valence electrons. The molecule has 2 aromatic rings. The largest absolute Gasteiger partial charge is 0.385 e. The molecule has 1 saturated carbocycles. The molecule has 20 heavy (non-hydrogen) atoms. The number of hydrogen-bond acceptors (Lipinski definition) is 4. The van der Waals surface area contributed by atoms with Crippen LogP contribution in [0, 0.1) is 5.92 Å². The molecule has 1 fully saturated rings. The van der Waals surface area contributed by atoms with E-state index in [4.69, 9.17) is 0 Å². The van der Waals surface area contributed by atoms with Crippen LogP contribution in [-0.4, -0.2) is 25.7 Å². The van der Waals surface area contributed by atoms with Crippen LogP contribution in [0.25, 0.3) is 0 Å². The van der Waals surface area contributed by atoms with E-state index in [9.17, 15) is 9.90 Å². The van der Waals surface area contributed by atoms with Crippen molar-refractivity contribution in [3.8, 4) is 0 Å². The first-order valence-corrected chi connectivity index (χ1v) is 6.97. The fraction of sp³-hybridized carbons (Fsp3) is 0.400. The molecule has 5 nitrogen and oxygen atoms in total. The Labute approximate surface area is 116 Å². The van der Waals surface area contributed by atoms with Gasteiger partial charge in [0.25, 0.3) is 0 Å². The van der Waals surface area contributed by atoms with Crippen molar-refractivity contribution in [1.82, 2.24) is 14.8 Å². The number of aromatic nitrogens is 3. The van der Waals surface area contributed by atoms with Crippen LogP contribution in [0.15, 0.2) is 30.3 Å². The molecule has 0 bridgehead atoms. The summed E-state index contributed by atoms with van der Waals surface area (Å²) in [5.74, 6) is 0.904. The second-order valence-electron chi connectivity index (χ2n) is 5.55. The summed E-state index contributed by atoms with van der Waals surface area (Å²) in [5.41, 5.74) is 1.08. The van der Waals surface area contributed by atoms with Crippen molar-refractivity contribution in [2.24, 2.45) is 5.92 Å². The molecule has 2 atom stereocenters. The Hall–Kier alpha value is -2.01. The zero-order valence-corrected chi connectivity index (χ0v) is 10.9. The van der Waals surface area contributed by atoms with Crippen molar-refractivity contribution in [3.05, 3.63) is 47.5 Å². The van der Waals surface area contributed by atoms with Crippen LogP contribution in [0.3, 0.4) is 0 Å². The Morgan fingerprint density at radius 3 is 2.70 bits per heavy atom. The van der Waals surface area contributed by atoms with Gasteiger partial charge in [0, 0.05) is 12.3 Å². The van der Waals surface area contributed by atoms with E-state index in [1.165, 1.54) is 0 Å². The number of Topliss-reactive ketones (excluding diaryl/α,β-unsaturated/α-hetero) is 1. The standard InChI is InChI=1S/C15H15N3O2/c19-12-8-11(9-4-2-1-3-5-9)18-15(12)16-14(17-18)13(20)10-6-7-10/h1-5,10-12,19H,6-8H2/t11-,12-/m0/s1. The minimum absolute atomic E-state index is 0.0194. The van der Waals surface area contributed by atoms with Gasteiger partial charge in [-0.2, -0.15) is 0 Å². The maximum absolute atomic E-state index is 12.0. The third-order valence-electron chi connectivity index (χ3n) is 4.05. The van der Waals surface area contributed by atoms with Gasteiger partial charge < -0.3 is 5.11 Å². The summed E-state index contributed by atoms with van der Waals surface area (Å²) in [4.78, 5) is 16.3. The van der Waals surface area contributed by atoms with E-state index in [0.717, 1.165) is 18.4 Å². The molecule has 0 amide bonds. The maximum Gasteiger partial charge on any atom is 0.217 e. The molecule has 5 heteroatoms. The van der Waals surface area contributed by atoms with Gasteiger partial charge in [0.2, 0.25) is 11.6 Å². The number of hydrogen-bond donors (Lipinski definition) is 1. The van der Waals surface area contributed by atoms with Gasteiger partial charge in [-0.1, -0.05) is 30.3 Å². The van der Waals surface area contributed by atoms with Gasteiger partial charge in [0.15, 0.2) is 5.82 Å². The quantitative estimate of drug-likeness (QED) is 0.864. The van der Waals surface area contributed by atoms with E-state index in [2.05, 4.69) is 10.1 Å². The van der Waals surface area contributed by atoms with Gasteiger partial charge in [0.05, 0.1) is 6.04 Å². The summed E-state index contributed by atoms with van der Waals surface area (Å²) in [5, 5.41) is 14.5. The fourth-order valence-electron chi connectivity index (χ4n) is 2.79. The minimum atomic E-state index is -0.645. The topological polar surface area (TPSA) is 68.0 Å². The predicted octanol–water partition coefficient (Wildman–Crippen LogP) is 1.90. The van der Waals surface area contributed by atoms with Crippen LogP contribution >= 0.6 is 0 Å². The number of nitrogens with zero attached hydrogens (tertiary/aromatic N) is 3. The SMILES string of the molecule is O=C(c1nc2n(n1)[C@H](c1ccccc1)C[C@@H]2O)C1CC1. The lowest BCUT2D eigenvalue weighted by atomic mass is 10.0. The second kappa shape index (κ2) is 4.24. The number of ketones is 1. The highest BCUT2D eigenvalue weighted by molar-refractivity contribution is 5.95. The third-order valence-corrected chi connectivity index (χ3v) is 4.05. The van der Waals surface area contributed by atoms with Gasteiger partial charge in [-0.05, 0) is 18.4 Å². The smallest absolute Gasteiger partial charge is 0.217 e. The van der Waals surface area contributed by atoms with Gasteiger partial charge in [-0.15, -0.1) is 5.10 Å². The average Bonchev–Trinajstić information content (AvgIpc) is 3.15. The Morgan fingerprint density at radius 2 is 2.00 bits per heavy atom. The molecule has 1 aromatic carbocycles. The van der Waals surface area contributed by atoms with Crippen molar-refractivity contribution >= 4 is 5.78 Å². The molecule has 0 radical (unpaired) electrons. The van der Waals surface area contributed by atoms with Gasteiger partial charge in [0.1, 0.15) is 6.10 Å². The number of carbonyl (C=O) groups is 1.